The largest absolute Gasteiger partial charge is 0.477 e. The van der Waals surface area contributed by atoms with E-state index in [1.807, 2.05) is 0 Å². The van der Waals surface area contributed by atoms with Crippen molar-refractivity contribution in [1.82, 2.24) is 9.21 Å². The molecule has 11 heteroatoms. The van der Waals surface area contributed by atoms with Gasteiger partial charge in [0.05, 0.1) is 9.82 Å². The number of carbonyl (C=O) groups excluding carboxylic acids is 1. The second-order valence-electron chi connectivity index (χ2n) is 6.64. The molecule has 2 rings (SSSR count). The van der Waals surface area contributed by atoms with E-state index in [1.54, 1.807) is 26.0 Å². The maximum absolute atomic E-state index is 13.0. The molecule has 2 aromatic rings. The number of likely N-dealkylation sites (N-methyl/N-ethyl adjacent to an activating group) is 1. The number of rotatable bonds is 10. The fraction of sp³-hybridized carbons (Fsp3) is 0.350. The molecule has 0 saturated carbocycles. The molecule has 0 fully saturated rings. The zero-order valence-electron chi connectivity index (χ0n) is 17.4. The molecule has 31 heavy (non-hydrogen) atoms. The van der Waals surface area contributed by atoms with Gasteiger partial charge in [-0.3, -0.25) is 14.9 Å². The molecule has 0 bridgehead atoms. The van der Waals surface area contributed by atoms with E-state index in [1.165, 1.54) is 40.5 Å². The van der Waals surface area contributed by atoms with Crippen molar-refractivity contribution in [3.05, 3.63) is 64.0 Å². The summed E-state index contributed by atoms with van der Waals surface area (Å²) >= 11 is 0. The number of nitrogens with zero attached hydrogens (tertiary/aromatic N) is 3. The predicted octanol–water partition coefficient (Wildman–Crippen LogP) is 2.80. The van der Waals surface area contributed by atoms with Crippen molar-refractivity contribution in [2.75, 3.05) is 26.7 Å². The fourth-order valence-corrected chi connectivity index (χ4v) is 4.32. The molecule has 0 aliphatic rings. The Morgan fingerprint density at radius 3 is 2.29 bits per heavy atom. The summed E-state index contributed by atoms with van der Waals surface area (Å²) in [4.78, 5) is 24.1. The Hall–Kier alpha value is -3.05. The normalized spacial score (nSPS) is 11.4. The molecular weight excluding hydrogens is 429 g/mol. The van der Waals surface area contributed by atoms with Crippen molar-refractivity contribution in [2.24, 2.45) is 0 Å². The summed E-state index contributed by atoms with van der Waals surface area (Å²) in [5.41, 5.74) is 0.149. The lowest BCUT2D eigenvalue weighted by molar-refractivity contribution is -0.386. The summed E-state index contributed by atoms with van der Waals surface area (Å²) in [7, 11) is -2.37. The van der Waals surface area contributed by atoms with Crippen molar-refractivity contribution in [2.45, 2.75) is 25.3 Å². The minimum absolute atomic E-state index is 0.200. The van der Waals surface area contributed by atoms with Gasteiger partial charge in [0.1, 0.15) is 5.82 Å². The molecule has 0 unspecified atom stereocenters. The number of hydrogen-bond donors (Lipinski definition) is 0. The molecule has 168 valence electrons. The van der Waals surface area contributed by atoms with Crippen LogP contribution in [-0.2, 0) is 21.4 Å². The molecule has 2 aromatic carbocycles. The number of halogens is 1. The van der Waals surface area contributed by atoms with Gasteiger partial charge in [-0.05, 0) is 29.8 Å². The lowest BCUT2D eigenvalue weighted by Crippen LogP contribution is -2.31. The number of nitro groups is 1. The van der Waals surface area contributed by atoms with Crippen molar-refractivity contribution < 1.29 is 27.3 Å². The van der Waals surface area contributed by atoms with Crippen LogP contribution >= 0.6 is 0 Å². The standard InChI is InChI=1S/C20H24FN3O6S/c1-4-23(5-2)31(28,29)17-10-11-19(18(12-17)24(26)27)30-14-20(25)22(3)13-15-6-8-16(21)9-7-15/h6-12H,4-5,13-14H2,1-3H3. The van der Waals surface area contributed by atoms with Crippen molar-refractivity contribution in [3.63, 3.8) is 0 Å². The first kappa shape index (κ1) is 24.2. The molecule has 0 aliphatic heterocycles. The lowest BCUT2D eigenvalue weighted by atomic mass is 10.2. The van der Waals surface area contributed by atoms with E-state index in [0.717, 1.165) is 6.07 Å². The molecule has 0 radical (unpaired) electrons. The van der Waals surface area contributed by atoms with Crippen LogP contribution < -0.4 is 4.74 Å². The van der Waals surface area contributed by atoms with Gasteiger partial charge in [0.15, 0.2) is 12.4 Å². The van der Waals surface area contributed by atoms with Gasteiger partial charge in [-0.2, -0.15) is 4.31 Å². The van der Waals surface area contributed by atoms with E-state index in [2.05, 4.69) is 0 Å². The smallest absolute Gasteiger partial charge is 0.312 e. The van der Waals surface area contributed by atoms with Gasteiger partial charge in [0.25, 0.3) is 5.91 Å². The Balaban J connectivity index is 2.14. The number of ether oxygens (including phenoxy) is 1. The highest BCUT2D eigenvalue weighted by Crippen LogP contribution is 2.31. The number of hydrogen-bond acceptors (Lipinski definition) is 6. The maximum Gasteiger partial charge on any atom is 0.312 e. The number of sulfonamides is 1. The van der Waals surface area contributed by atoms with Gasteiger partial charge in [-0.25, -0.2) is 12.8 Å². The molecule has 0 saturated heterocycles. The van der Waals surface area contributed by atoms with E-state index in [-0.39, 0.29) is 36.1 Å². The summed E-state index contributed by atoms with van der Waals surface area (Å²) in [5, 5.41) is 11.4. The predicted molar refractivity (Wildman–Crippen MR) is 112 cm³/mol. The summed E-state index contributed by atoms with van der Waals surface area (Å²) in [6.45, 7) is 3.49. The molecule has 9 nitrogen and oxygen atoms in total. The average Bonchev–Trinajstić information content (AvgIpc) is 2.74. The Morgan fingerprint density at radius 1 is 1.13 bits per heavy atom. The highest BCUT2D eigenvalue weighted by molar-refractivity contribution is 7.89. The summed E-state index contributed by atoms with van der Waals surface area (Å²) in [5.74, 6) is -1.06. The zero-order chi connectivity index (χ0) is 23.2. The highest BCUT2D eigenvalue weighted by atomic mass is 32.2. The first-order valence-corrected chi connectivity index (χ1v) is 10.9. The monoisotopic (exact) mass is 453 g/mol. The molecule has 0 atom stereocenters. The van der Waals surface area contributed by atoms with Crippen LogP contribution in [0.25, 0.3) is 0 Å². The third-order valence-corrected chi connectivity index (χ3v) is 6.63. The minimum Gasteiger partial charge on any atom is -0.477 e. The van der Waals surface area contributed by atoms with Crippen LogP contribution in [0.5, 0.6) is 5.75 Å². The van der Waals surface area contributed by atoms with Crippen LogP contribution in [0, 0.1) is 15.9 Å². The first-order valence-electron chi connectivity index (χ1n) is 9.49. The Bertz CT molecular complexity index is 1040. The third kappa shape index (κ3) is 5.98. The van der Waals surface area contributed by atoms with Crippen LogP contribution in [0.1, 0.15) is 19.4 Å². The van der Waals surface area contributed by atoms with E-state index >= 15 is 0 Å². The van der Waals surface area contributed by atoms with Crippen LogP contribution in [0.4, 0.5) is 10.1 Å². The lowest BCUT2D eigenvalue weighted by Gasteiger charge is -2.19. The van der Waals surface area contributed by atoms with Crippen LogP contribution in [-0.4, -0.2) is 55.2 Å². The zero-order valence-corrected chi connectivity index (χ0v) is 18.3. The van der Waals surface area contributed by atoms with E-state index in [4.69, 9.17) is 4.74 Å². The van der Waals surface area contributed by atoms with Gasteiger partial charge in [-0.15, -0.1) is 0 Å². The van der Waals surface area contributed by atoms with E-state index in [9.17, 15) is 27.7 Å². The molecule has 0 heterocycles. The Labute approximate surface area is 180 Å². The van der Waals surface area contributed by atoms with Gasteiger partial charge in [0.2, 0.25) is 10.0 Å². The second kappa shape index (κ2) is 10.3. The molecular formula is C20H24FN3O6S. The Kier molecular flexibility index (Phi) is 8.06. The van der Waals surface area contributed by atoms with E-state index < -0.39 is 33.1 Å². The van der Waals surface area contributed by atoms with Crippen molar-refractivity contribution in [1.29, 1.82) is 0 Å². The minimum atomic E-state index is -3.88. The van der Waals surface area contributed by atoms with Gasteiger partial charge in [0, 0.05) is 32.7 Å². The molecule has 0 N–H and O–H groups in total. The second-order valence-corrected chi connectivity index (χ2v) is 8.58. The number of benzene rings is 2. The van der Waals surface area contributed by atoms with E-state index in [0.29, 0.717) is 5.56 Å². The SMILES string of the molecule is CCN(CC)S(=O)(=O)c1ccc(OCC(=O)N(C)Cc2ccc(F)cc2)c([N+](=O)[O-])c1. The quantitative estimate of drug-likeness (QED) is 0.404. The molecule has 0 spiro atoms. The Morgan fingerprint density at radius 2 is 1.74 bits per heavy atom. The average molecular weight is 453 g/mol. The van der Waals surface area contributed by atoms with Crippen LogP contribution in [0.2, 0.25) is 0 Å². The number of amides is 1. The first-order chi connectivity index (χ1) is 14.6. The third-order valence-electron chi connectivity index (χ3n) is 4.58. The van der Waals surface area contributed by atoms with Gasteiger partial charge < -0.3 is 9.64 Å². The highest BCUT2D eigenvalue weighted by Gasteiger charge is 2.26. The van der Waals surface area contributed by atoms with Crippen molar-refractivity contribution >= 4 is 21.6 Å². The van der Waals surface area contributed by atoms with Crippen LogP contribution in [0.15, 0.2) is 47.4 Å². The molecule has 0 aliphatic carbocycles. The topological polar surface area (TPSA) is 110 Å². The maximum atomic E-state index is 13.0. The van der Waals surface area contributed by atoms with Gasteiger partial charge in [-0.1, -0.05) is 26.0 Å². The number of carbonyl (C=O) groups is 1. The van der Waals surface area contributed by atoms with Crippen LogP contribution in [0.3, 0.4) is 0 Å². The summed E-state index contributed by atoms with van der Waals surface area (Å²) < 4.78 is 44.7. The molecule has 0 aromatic heterocycles. The van der Waals surface area contributed by atoms with Gasteiger partial charge >= 0.3 is 5.69 Å². The molecule has 1 amide bonds. The summed E-state index contributed by atoms with van der Waals surface area (Å²) in [6.07, 6.45) is 0. The number of nitro benzene ring substituents is 1. The summed E-state index contributed by atoms with van der Waals surface area (Å²) in [6, 6.07) is 8.95. The fourth-order valence-electron chi connectivity index (χ4n) is 2.84. The van der Waals surface area contributed by atoms with Crippen molar-refractivity contribution in [3.8, 4) is 5.75 Å².